The third-order valence-corrected chi connectivity index (χ3v) is 4.84. The molecule has 2 aromatic rings. The lowest BCUT2D eigenvalue weighted by molar-refractivity contribution is 0.123. The predicted octanol–water partition coefficient (Wildman–Crippen LogP) is 3.61. The van der Waals surface area contributed by atoms with Crippen LogP contribution in [0.4, 0.5) is 10.2 Å². The Morgan fingerprint density at radius 3 is 2.89 bits per heavy atom. The second-order valence-corrected chi connectivity index (χ2v) is 6.89. The molecule has 0 bridgehead atoms. The summed E-state index contributed by atoms with van der Waals surface area (Å²) in [7, 11) is 0. The van der Waals surface area contributed by atoms with Gasteiger partial charge in [0.15, 0.2) is 11.6 Å². The summed E-state index contributed by atoms with van der Waals surface area (Å²) in [6, 6.07) is 4.22. The third-order valence-electron chi connectivity index (χ3n) is 4.12. The molecule has 0 saturated carbocycles. The van der Waals surface area contributed by atoms with Gasteiger partial charge in [0.1, 0.15) is 11.9 Å². The van der Waals surface area contributed by atoms with E-state index in [-0.39, 0.29) is 34.1 Å². The first-order chi connectivity index (χ1) is 12.9. The number of anilines is 1. The molecule has 1 aliphatic rings. The van der Waals surface area contributed by atoms with E-state index in [2.05, 4.69) is 16.8 Å². The van der Waals surface area contributed by atoms with E-state index in [1.165, 1.54) is 18.3 Å². The Morgan fingerprint density at radius 1 is 1.41 bits per heavy atom. The summed E-state index contributed by atoms with van der Waals surface area (Å²) in [6.07, 6.45) is 0.231. The number of nitrogens with two attached hydrogens (primary N) is 1. The summed E-state index contributed by atoms with van der Waals surface area (Å²) >= 11 is 12.2. The van der Waals surface area contributed by atoms with Crippen molar-refractivity contribution in [2.24, 2.45) is 5.92 Å². The van der Waals surface area contributed by atoms with Gasteiger partial charge in [0.25, 0.3) is 0 Å². The van der Waals surface area contributed by atoms with Gasteiger partial charge in [-0.25, -0.2) is 9.37 Å². The molecule has 0 aliphatic carbocycles. The molecule has 5 nitrogen and oxygen atoms in total. The number of aliphatic hydroxyl groups excluding tert-OH is 1. The van der Waals surface area contributed by atoms with Crippen LogP contribution in [0.2, 0.25) is 10.0 Å². The van der Waals surface area contributed by atoms with E-state index in [0.717, 1.165) is 0 Å². The molecular formula is C19H17Cl2FN2O3. The van der Waals surface area contributed by atoms with Crippen molar-refractivity contribution < 1.29 is 19.0 Å². The summed E-state index contributed by atoms with van der Waals surface area (Å²) in [5.41, 5.74) is 6.76. The molecule has 0 spiro atoms. The largest absolute Gasteiger partial charge is 0.482 e. The molecule has 3 N–H and O–H groups in total. The Hall–Kier alpha value is -2.04. The first kappa shape index (κ1) is 19.7. The minimum absolute atomic E-state index is 0.104. The van der Waals surface area contributed by atoms with Crippen LogP contribution in [0.25, 0.3) is 0 Å². The van der Waals surface area contributed by atoms with E-state index >= 15 is 0 Å². The number of aromatic nitrogens is 1. The Balaban J connectivity index is 1.83. The topological polar surface area (TPSA) is 77.6 Å². The number of aliphatic hydroxyl groups is 1. The van der Waals surface area contributed by atoms with Crippen molar-refractivity contribution in [2.45, 2.75) is 19.1 Å². The van der Waals surface area contributed by atoms with Crippen LogP contribution in [0.1, 0.15) is 24.2 Å². The molecule has 0 amide bonds. The van der Waals surface area contributed by atoms with E-state index in [9.17, 15) is 9.50 Å². The molecule has 1 aliphatic heterocycles. The highest BCUT2D eigenvalue weighted by molar-refractivity contribution is 6.36. The van der Waals surface area contributed by atoms with Gasteiger partial charge < -0.3 is 20.3 Å². The van der Waals surface area contributed by atoms with Crippen molar-refractivity contribution in [1.82, 2.24) is 4.98 Å². The molecule has 1 aromatic heterocycles. The highest BCUT2D eigenvalue weighted by Gasteiger charge is 2.24. The van der Waals surface area contributed by atoms with E-state index in [1.807, 2.05) is 0 Å². The maximum Gasteiger partial charge on any atom is 0.166 e. The monoisotopic (exact) mass is 410 g/mol. The first-order valence-electron chi connectivity index (χ1n) is 8.19. The van der Waals surface area contributed by atoms with Gasteiger partial charge in [0.05, 0.1) is 30.3 Å². The van der Waals surface area contributed by atoms with Gasteiger partial charge >= 0.3 is 0 Å². The van der Waals surface area contributed by atoms with Crippen molar-refractivity contribution in [1.29, 1.82) is 0 Å². The maximum atomic E-state index is 13.7. The number of rotatable bonds is 3. The number of pyridine rings is 1. The number of nitrogen functional groups attached to an aromatic ring is 1. The summed E-state index contributed by atoms with van der Waals surface area (Å²) in [4.78, 5) is 4.07. The molecule has 1 saturated heterocycles. The molecule has 8 heteroatoms. The highest BCUT2D eigenvalue weighted by atomic mass is 35.5. The van der Waals surface area contributed by atoms with E-state index in [0.29, 0.717) is 17.7 Å². The summed E-state index contributed by atoms with van der Waals surface area (Å²) in [5.74, 6) is 5.46. The Kier molecular flexibility index (Phi) is 6.08. The lowest BCUT2D eigenvalue weighted by atomic mass is 10.1. The number of hydrogen-bond donors (Lipinski definition) is 2. The first-order valence-corrected chi connectivity index (χ1v) is 8.95. The van der Waals surface area contributed by atoms with Crippen LogP contribution >= 0.6 is 23.2 Å². The molecule has 3 unspecified atom stereocenters. The summed E-state index contributed by atoms with van der Waals surface area (Å²) in [6.45, 7) is 2.34. The Morgan fingerprint density at radius 2 is 2.19 bits per heavy atom. The fraction of sp³-hybridized carbons (Fsp3) is 0.316. The number of benzene rings is 1. The SMILES string of the molecule is CC(Oc1cc(C#CC2COCC2O)cnc1N)c1c(Cl)ccc(F)c1Cl. The average molecular weight is 411 g/mol. The minimum Gasteiger partial charge on any atom is -0.482 e. The lowest BCUT2D eigenvalue weighted by Crippen LogP contribution is -2.15. The van der Waals surface area contributed by atoms with Crippen molar-refractivity contribution in [3.8, 4) is 17.6 Å². The van der Waals surface area contributed by atoms with Crippen molar-refractivity contribution >= 4 is 29.0 Å². The van der Waals surface area contributed by atoms with Gasteiger partial charge in [-0.2, -0.15) is 0 Å². The van der Waals surface area contributed by atoms with Crippen LogP contribution in [-0.2, 0) is 4.74 Å². The molecule has 2 heterocycles. The smallest absolute Gasteiger partial charge is 0.166 e. The predicted molar refractivity (Wildman–Crippen MR) is 101 cm³/mol. The van der Waals surface area contributed by atoms with Crippen LogP contribution < -0.4 is 10.5 Å². The second-order valence-electron chi connectivity index (χ2n) is 6.10. The highest BCUT2D eigenvalue weighted by Crippen LogP contribution is 2.35. The van der Waals surface area contributed by atoms with Gasteiger partial charge in [-0.15, -0.1) is 0 Å². The van der Waals surface area contributed by atoms with Crippen molar-refractivity contribution in [3.63, 3.8) is 0 Å². The van der Waals surface area contributed by atoms with Gasteiger partial charge in [-0.3, -0.25) is 0 Å². The van der Waals surface area contributed by atoms with Crippen LogP contribution in [0.5, 0.6) is 5.75 Å². The van der Waals surface area contributed by atoms with Crippen molar-refractivity contribution in [2.75, 3.05) is 18.9 Å². The fourth-order valence-corrected chi connectivity index (χ4v) is 3.32. The average Bonchev–Trinajstić information content (AvgIpc) is 3.04. The van der Waals surface area contributed by atoms with Crippen LogP contribution in [0.3, 0.4) is 0 Å². The van der Waals surface area contributed by atoms with Crippen molar-refractivity contribution in [3.05, 3.63) is 51.4 Å². The van der Waals surface area contributed by atoms with Crippen LogP contribution in [0, 0.1) is 23.6 Å². The molecule has 1 aromatic carbocycles. The molecule has 3 atom stereocenters. The lowest BCUT2D eigenvalue weighted by Gasteiger charge is -2.19. The molecule has 1 fully saturated rings. The third kappa shape index (κ3) is 4.45. The summed E-state index contributed by atoms with van der Waals surface area (Å²) in [5, 5.41) is 9.92. The molecular weight excluding hydrogens is 394 g/mol. The molecule has 142 valence electrons. The zero-order chi connectivity index (χ0) is 19.6. The number of hydrogen-bond acceptors (Lipinski definition) is 5. The van der Waals surface area contributed by atoms with Crippen LogP contribution in [-0.4, -0.2) is 29.4 Å². The van der Waals surface area contributed by atoms with Gasteiger partial charge in [-0.1, -0.05) is 35.0 Å². The molecule has 3 rings (SSSR count). The maximum absolute atomic E-state index is 13.7. The zero-order valence-corrected chi connectivity index (χ0v) is 15.9. The number of halogens is 3. The quantitative estimate of drug-likeness (QED) is 0.596. The van der Waals surface area contributed by atoms with E-state index in [1.54, 1.807) is 13.0 Å². The molecule has 27 heavy (non-hydrogen) atoms. The van der Waals surface area contributed by atoms with E-state index < -0.39 is 18.0 Å². The van der Waals surface area contributed by atoms with Gasteiger partial charge in [-0.05, 0) is 19.1 Å². The van der Waals surface area contributed by atoms with Crippen LogP contribution in [0.15, 0.2) is 24.4 Å². The zero-order valence-electron chi connectivity index (χ0n) is 14.4. The second kappa shape index (κ2) is 8.32. The number of nitrogens with zero attached hydrogens (tertiary/aromatic N) is 1. The fourth-order valence-electron chi connectivity index (χ4n) is 2.64. The standard InChI is InChI=1S/C19H17Cl2FN2O3/c1-10(17-13(20)4-5-14(22)18(17)21)27-16-6-11(7-24-19(16)23)2-3-12-8-26-9-15(12)25/h4-7,10,12,15,25H,8-9H2,1H3,(H2,23,24). The number of ether oxygens (including phenoxy) is 2. The van der Waals surface area contributed by atoms with Gasteiger partial charge in [0.2, 0.25) is 0 Å². The molecule has 0 radical (unpaired) electrons. The van der Waals surface area contributed by atoms with E-state index in [4.69, 9.17) is 38.4 Å². The summed E-state index contributed by atoms with van der Waals surface area (Å²) < 4.78 is 24.7. The Labute approximate surface area is 166 Å². The van der Waals surface area contributed by atoms with Gasteiger partial charge in [0, 0.05) is 28.4 Å². The minimum atomic E-state index is -0.668. The normalized spacial score (nSPS) is 20.0. The Bertz CT molecular complexity index is 914.